The number of rotatable bonds is 2. The molecule has 0 amide bonds. The molecule has 3 rings (SSSR count). The fourth-order valence-corrected chi connectivity index (χ4v) is 3.65. The van der Waals surface area contributed by atoms with Crippen LogP contribution in [0.1, 0.15) is 30.7 Å². The van der Waals surface area contributed by atoms with E-state index in [0.717, 1.165) is 10.0 Å². The summed E-state index contributed by atoms with van der Waals surface area (Å²) < 4.78 is 11.2. The van der Waals surface area contributed by atoms with Crippen LogP contribution in [-0.2, 0) is 19.1 Å². The topological polar surface area (TPSA) is 76.5 Å². The molecule has 2 atom stereocenters. The molecular weight excluding hydrogens is 362 g/mol. The minimum Gasteiger partial charge on any atom is -0.468 e. The molecule has 120 valence electrons. The van der Waals surface area contributed by atoms with Crippen LogP contribution in [-0.4, -0.2) is 24.8 Å². The number of benzene rings is 1. The first-order chi connectivity index (χ1) is 11.0. The van der Waals surface area contributed by atoms with Crippen LogP contribution in [0.4, 0.5) is 0 Å². The standard InChI is InChI=1S/C17H16BrNO4/c1-22-17(21)15-13(9-4-2-5-10(18)8-9)14-11(20)6-3-7-12(14)23-16(15)19/h2,4-5,8,13,15,19H,3,6-7H2,1H3. The van der Waals surface area contributed by atoms with Crippen LogP contribution in [0, 0.1) is 11.3 Å². The summed E-state index contributed by atoms with van der Waals surface area (Å²) in [6.07, 6.45) is 1.76. The normalized spacial score (nSPS) is 24.1. The monoisotopic (exact) mass is 377 g/mol. The molecule has 1 aliphatic carbocycles. The zero-order valence-corrected chi connectivity index (χ0v) is 14.2. The molecule has 0 saturated carbocycles. The molecule has 1 aromatic carbocycles. The van der Waals surface area contributed by atoms with Gasteiger partial charge in [-0.3, -0.25) is 15.0 Å². The van der Waals surface area contributed by atoms with E-state index < -0.39 is 17.8 Å². The number of ether oxygens (including phenoxy) is 2. The van der Waals surface area contributed by atoms with Crippen molar-refractivity contribution in [1.29, 1.82) is 5.41 Å². The average Bonchev–Trinajstić information content (AvgIpc) is 2.53. The molecule has 0 bridgehead atoms. The lowest BCUT2D eigenvalue weighted by Gasteiger charge is -2.35. The highest BCUT2D eigenvalue weighted by molar-refractivity contribution is 9.10. The summed E-state index contributed by atoms with van der Waals surface area (Å²) in [6, 6.07) is 7.45. The molecule has 0 radical (unpaired) electrons. The number of carbonyl (C=O) groups is 2. The van der Waals surface area contributed by atoms with Gasteiger partial charge in [0.05, 0.1) is 7.11 Å². The van der Waals surface area contributed by atoms with Gasteiger partial charge in [0.25, 0.3) is 0 Å². The number of hydrogen-bond donors (Lipinski definition) is 1. The number of methoxy groups -OCH3 is 1. The third-order valence-corrected chi connectivity index (χ3v) is 4.72. The number of Topliss-reactive ketones (excluding diaryl/α,β-unsaturated/α-hetero) is 1. The van der Waals surface area contributed by atoms with E-state index in [1.165, 1.54) is 7.11 Å². The van der Waals surface area contributed by atoms with Gasteiger partial charge in [0.15, 0.2) is 5.78 Å². The van der Waals surface area contributed by atoms with E-state index in [-0.39, 0.29) is 11.7 Å². The predicted molar refractivity (Wildman–Crippen MR) is 87.1 cm³/mol. The third-order valence-electron chi connectivity index (χ3n) is 4.23. The highest BCUT2D eigenvalue weighted by atomic mass is 79.9. The SMILES string of the molecule is COC(=O)C1C(=N)OC2=C(C(=O)CCC2)C1c1cccc(Br)c1. The van der Waals surface area contributed by atoms with E-state index in [0.29, 0.717) is 30.6 Å². The molecule has 1 heterocycles. The Morgan fingerprint density at radius 1 is 1.39 bits per heavy atom. The number of esters is 1. The van der Waals surface area contributed by atoms with Crippen LogP contribution in [0.25, 0.3) is 0 Å². The Hall–Kier alpha value is -1.95. The first-order valence-electron chi connectivity index (χ1n) is 7.38. The highest BCUT2D eigenvalue weighted by Crippen LogP contribution is 2.44. The maximum Gasteiger partial charge on any atom is 0.319 e. The minimum absolute atomic E-state index is 0.0161. The Morgan fingerprint density at radius 2 is 2.17 bits per heavy atom. The molecule has 0 aromatic heterocycles. The minimum atomic E-state index is -0.935. The van der Waals surface area contributed by atoms with E-state index in [4.69, 9.17) is 14.9 Å². The number of hydrogen-bond acceptors (Lipinski definition) is 5. The second kappa shape index (κ2) is 6.28. The zero-order valence-electron chi connectivity index (χ0n) is 12.6. The van der Waals surface area contributed by atoms with E-state index in [2.05, 4.69) is 15.9 Å². The van der Waals surface area contributed by atoms with Crippen molar-refractivity contribution in [3.8, 4) is 0 Å². The van der Waals surface area contributed by atoms with Crippen molar-refractivity contribution < 1.29 is 19.1 Å². The summed E-state index contributed by atoms with van der Waals surface area (Å²) in [7, 11) is 1.28. The van der Waals surface area contributed by atoms with Gasteiger partial charge < -0.3 is 9.47 Å². The molecular formula is C17H16BrNO4. The number of allylic oxidation sites excluding steroid dienone is 2. The summed E-state index contributed by atoms with van der Waals surface area (Å²) >= 11 is 3.42. The van der Waals surface area contributed by atoms with Crippen molar-refractivity contribution in [3.05, 3.63) is 45.6 Å². The van der Waals surface area contributed by atoms with E-state index >= 15 is 0 Å². The van der Waals surface area contributed by atoms with Crippen molar-refractivity contribution >= 4 is 33.6 Å². The number of carbonyl (C=O) groups excluding carboxylic acids is 2. The highest BCUT2D eigenvalue weighted by Gasteiger charge is 2.46. The average molecular weight is 378 g/mol. The molecule has 2 aliphatic rings. The van der Waals surface area contributed by atoms with Crippen molar-refractivity contribution in [2.45, 2.75) is 25.2 Å². The fraction of sp³-hybridized carbons (Fsp3) is 0.353. The molecule has 0 spiro atoms. The van der Waals surface area contributed by atoms with Crippen molar-refractivity contribution in [1.82, 2.24) is 0 Å². The van der Waals surface area contributed by atoms with E-state index in [1.807, 2.05) is 24.3 Å². The van der Waals surface area contributed by atoms with Crippen LogP contribution >= 0.6 is 15.9 Å². The van der Waals surface area contributed by atoms with Crippen LogP contribution < -0.4 is 0 Å². The smallest absolute Gasteiger partial charge is 0.319 e. The van der Waals surface area contributed by atoms with Crippen LogP contribution in [0.15, 0.2) is 40.1 Å². The maximum atomic E-state index is 12.5. The molecule has 0 fully saturated rings. The molecule has 0 saturated heterocycles. The summed E-state index contributed by atoms with van der Waals surface area (Å²) in [5.74, 6) is -1.69. The first-order valence-corrected chi connectivity index (χ1v) is 8.18. The lowest BCUT2D eigenvalue weighted by atomic mass is 9.74. The lowest BCUT2D eigenvalue weighted by Crippen LogP contribution is -2.40. The second-order valence-corrected chi connectivity index (χ2v) is 6.53. The van der Waals surface area contributed by atoms with Crippen molar-refractivity contribution in [2.24, 2.45) is 5.92 Å². The van der Waals surface area contributed by atoms with Gasteiger partial charge in [0.1, 0.15) is 11.7 Å². The summed E-state index contributed by atoms with van der Waals surface area (Å²) in [6.45, 7) is 0. The second-order valence-electron chi connectivity index (χ2n) is 5.61. The third kappa shape index (κ3) is 2.83. The molecule has 1 aliphatic heterocycles. The van der Waals surface area contributed by atoms with Gasteiger partial charge in [-0.2, -0.15) is 0 Å². The Bertz CT molecular complexity index is 725. The Morgan fingerprint density at radius 3 is 2.87 bits per heavy atom. The molecule has 6 heteroatoms. The number of halogens is 1. The molecule has 1 N–H and O–H groups in total. The Balaban J connectivity index is 2.18. The van der Waals surface area contributed by atoms with Gasteiger partial charge in [-0.25, -0.2) is 0 Å². The van der Waals surface area contributed by atoms with E-state index in [1.54, 1.807) is 0 Å². The van der Waals surface area contributed by atoms with Gasteiger partial charge in [0, 0.05) is 28.8 Å². The quantitative estimate of drug-likeness (QED) is 0.801. The van der Waals surface area contributed by atoms with Crippen LogP contribution in [0.3, 0.4) is 0 Å². The fourth-order valence-electron chi connectivity index (χ4n) is 3.23. The largest absolute Gasteiger partial charge is 0.468 e. The van der Waals surface area contributed by atoms with Crippen molar-refractivity contribution in [3.63, 3.8) is 0 Å². The number of nitrogens with one attached hydrogen (secondary N) is 1. The van der Waals surface area contributed by atoms with Gasteiger partial charge in [-0.1, -0.05) is 28.1 Å². The summed E-state index contributed by atoms with van der Waals surface area (Å²) in [5.41, 5.74) is 1.31. The molecule has 2 unspecified atom stereocenters. The van der Waals surface area contributed by atoms with Gasteiger partial charge in [-0.05, 0) is 24.1 Å². The summed E-state index contributed by atoms with van der Waals surface area (Å²) in [4.78, 5) is 24.7. The molecule has 5 nitrogen and oxygen atoms in total. The number of ketones is 1. The van der Waals surface area contributed by atoms with Gasteiger partial charge >= 0.3 is 5.97 Å². The van der Waals surface area contributed by atoms with Gasteiger partial charge in [-0.15, -0.1) is 0 Å². The maximum absolute atomic E-state index is 12.5. The molecule has 23 heavy (non-hydrogen) atoms. The lowest BCUT2D eigenvalue weighted by molar-refractivity contribution is -0.144. The van der Waals surface area contributed by atoms with Crippen LogP contribution in [0.2, 0.25) is 0 Å². The van der Waals surface area contributed by atoms with E-state index in [9.17, 15) is 9.59 Å². The Kier molecular flexibility index (Phi) is 4.35. The Labute approximate surface area is 142 Å². The van der Waals surface area contributed by atoms with Crippen molar-refractivity contribution in [2.75, 3.05) is 7.11 Å². The molecule has 1 aromatic rings. The zero-order chi connectivity index (χ0) is 16.6. The first kappa shape index (κ1) is 15.9. The summed E-state index contributed by atoms with van der Waals surface area (Å²) in [5, 5.41) is 8.12. The predicted octanol–water partition coefficient (Wildman–Crippen LogP) is 3.34. The van der Waals surface area contributed by atoms with Crippen LogP contribution in [0.5, 0.6) is 0 Å². The van der Waals surface area contributed by atoms with Gasteiger partial charge in [0.2, 0.25) is 5.90 Å².